The number of amides is 1. The third-order valence-corrected chi connectivity index (χ3v) is 4.55. The fourth-order valence-corrected chi connectivity index (χ4v) is 2.72. The molecule has 22 heavy (non-hydrogen) atoms. The average molecular weight is 308 g/mol. The molecule has 1 aromatic heterocycles. The number of piperazine rings is 1. The smallest absolute Gasteiger partial charge is 0.222 e. The van der Waals surface area contributed by atoms with Gasteiger partial charge in [0.2, 0.25) is 5.91 Å². The van der Waals surface area contributed by atoms with Crippen LogP contribution in [0.2, 0.25) is 0 Å². The normalized spacial score (nSPS) is 18.4. The lowest BCUT2D eigenvalue weighted by Gasteiger charge is -2.36. The van der Waals surface area contributed by atoms with E-state index in [1.165, 1.54) is 0 Å². The van der Waals surface area contributed by atoms with Crippen LogP contribution in [0.5, 0.6) is 0 Å². The summed E-state index contributed by atoms with van der Waals surface area (Å²) in [5.74, 6) is 0.979. The van der Waals surface area contributed by atoms with Gasteiger partial charge in [-0.2, -0.15) is 0 Å². The van der Waals surface area contributed by atoms with Crippen LogP contribution in [0.15, 0.2) is 6.33 Å². The molecule has 0 radical (unpaired) electrons. The Balaban J connectivity index is 1.73. The Morgan fingerprint density at radius 3 is 2.59 bits per heavy atom. The van der Waals surface area contributed by atoms with Crippen molar-refractivity contribution in [2.45, 2.75) is 32.4 Å². The van der Waals surface area contributed by atoms with Gasteiger partial charge < -0.3 is 14.4 Å². The van der Waals surface area contributed by atoms with Gasteiger partial charge in [-0.15, -0.1) is 10.2 Å². The molecule has 7 heteroatoms. The molecule has 2 heterocycles. The average Bonchev–Trinajstić information content (AvgIpc) is 2.90. The molecular formula is C15H28N6O. The zero-order chi connectivity index (χ0) is 16.1. The predicted molar refractivity (Wildman–Crippen MR) is 85.2 cm³/mol. The van der Waals surface area contributed by atoms with Crippen LogP contribution < -0.4 is 0 Å². The fourth-order valence-electron chi connectivity index (χ4n) is 2.72. The van der Waals surface area contributed by atoms with E-state index in [9.17, 15) is 4.79 Å². The van der Waals surface area contributed by atoms with Gasteiger partial charge in [0.1, 0.15) is 6.33 Å². The molecule has 0 N–H and O–H groups in total. The van der Waals surface area contributed by atoms with Crippen molar-refractivity contribution in [2.75, 3.05) is 40.3 Å². The second-order valence-corrected chi connectivity index (χ2v) is 6.33. The van der Waals surface area contributed by atoms with Crippen molar-refractivity contribution in [1.29, 1.82) is 0 Å². The summed E-state index contributed by atoms with van der Waals surface area (Å²) in [4.78, 5) is 18.8. The minimum Gasteiger partial charge on any atom is -0.338 e. The zero-order valence-electron chi connectivity index (χ0n) is 14.2. The molecular weight excluding hydrogens is 280 g/mol. The number of aromatic nitrogens is 3. The van der Waals surface area contributed by atoms with E-state index in [0.29, 0.717) is 19.0 Å². The van der Waals surface area contributed by atoms with E-state index in [1.54, 1.807) is 11.2 Å². The van der Waals surface area contributed by atoms with E-state index < -0.39 is 0 Å². The summed E-state index contributed by atoms with van der Waals surface area (Å²) in [6, 6.07) is 0.459. The number of rotatable bonds is 6. The first-order chi connectivity index (χ1) is 10.5. The van der Waals surface area contributed by atoms with Crippen molar-refractivity contribution < 1.29 is 4.79 Å². The van der Waals surface area contributed by atoms with Crippen LogP contribution in [0.1, 0.15) is 25.6 Å². The Morgan fingerprint density at radius 2 is 2.00 bits per heavy atom. The lowest BCUT2D eigenvalue weighted by molar-refractivity contribution is -0.130. The Bertz CT molecular complexity index is 480. The molecule has 1 unspecified atom stereocenters. The highest BCUT2D eigenvalue weighted by Crippen LogP contribution is 2.11. The number of likely N-dealkylation sites (N-methyl/N-ethyl adjacent to an activating group) is 1. The first-order valence-corrected chi connectivity index (χ1v) is 7.97. The van der Waals surface area contributed by atoms with E-state index in [2.05, 4.69) is 34.0 Å². The molecule has 0 aromatic carbocycles. The van der Waals surface area contributed by atoms with Gasteiger partial charge in [-0.25, -0.2) is 0 Å². The van der Waals surface area contributed by atoms with E-state index in [4.69, 9.17) is 0 Å². The van der Waals surface area contributed by atoms with Crippen LogP contribution in [0.4, 0.5) is 0 Å². The highest BCUT2D eigenvalue weighted by molar-refractivity contribution is 5.75. The monoisotopic (exact) mass is 308 g/mol. The third kappa shape index (κ3) is 4.51. The second kappa shape index (κ2) is 7.69. The van der Waals surface area contributed by atoms with E-state index in [1.807, 2.05) is 18.7 Å². The van der Waals surface area contributed by atoms with Crippen molar-refractivity contribution in [3.8, 4) is 0 Å². The maximum Gasteiger partial charge on any atom is 0.222 e. The number of carbonyl (C=O) groups excluding carboxylic acids is 1. The fraction of sp³-hybridized carbons (Fsp3) is 0.800. The summed E-state index contributed by atoms with van der Waals surface area (Å²) < 4.78 is 1.84. The number of aryl methyl sites for hydroxylation is 1. The van der Waals surface area contributed by atoms with Gasteiger partial charge in [0.25, 0.3) is 0 Å². The van der Waals surface area contributed by atoms with Crippen molar-refractivity contribution >= 4 is 5.91 Å². The van der Waals surface area contributed by atoms with Crippen LogP contribution in [0.25, 0.3) is 0 Å². The van der Waals surface area contributed by atoms with Crippen LogP contribution in [-0.2, 0) is 18.4 Å². The minimum absolute atomic E-state index is 0.170. The molecule has 0 spiro atoms. The van der Waals surface area contributed by atoms with Gasteiger partial charge >= 0.3 is 0 Å². The molecule has 1 aliphatic heterocycles. The molecule has 0 bridgehead atoms. The van der Waals surface area contributed by atoms with E-state index in [0.717, 1.165) is 38.4 Å². The molecule has 1 aromatic rings. The van der Waals surface area contributed by atoms with Gasteiger partial charge in [0.05, 0.1) is 6.54 Å². The molecule has 1 fully saturated rings. The van der Waals surface area contributed by atoms with Gasteiger partial charge in [-0.05, 0) is 20.4 Å². The summed E-state index contributed by atoms with van der Waals surface area (Å²) >= 11 is 0. The maximum atomic E-state index is 12.3. The van der Waals surface area contributed by atoms with Crippen LogP contribution in [0.3, 0.4) is 0 Å². The van der Waals surface area contributed by atoms with Gasteiger partial charge in [0.15, 0.2) is 5.82 Å². The maximum absolute atomic E-state index is 12.3. The molecule has 2 rings (SSSR count). The number of nitrogens with zero attached hydrogens (tertiary/aromatic N) is 6. The Morgan fingerprint density at radius 1 is 1.32 bits per heavy atom. The summed E-state index contributed by atoms with van der Waals surface area (Å²) in [6.07, 6.45) is 3.15. The zero-order valence-corrected chi connectivity index (χ0v) is 14.2. The quantitative estimate of drug-likeness (QED) is 0.751. The summed E-state index contributed by atoms with van der Waals surface area (Å²) in [5, 5.41) is 7.86. The lowest BCUT2D eigenvalue weighted by atomic mass is 10.1. The number of hydrogen-bond acceptors (Lipinski definition) is 5. The van der Waals surface area contributed by atoms with Crippen molar-refractivity contribution in [3.05, 3.63) is 12.2 Å². The molecule has 124 valence electrons. The lowest BCUT2D eigenvalue weighted by Crippen LogP contribution is -2.48. The Hall–Kier alpha value is -1.47. The van der Waals surface area contributed by atoms with Crippen LogP contribution in [0, 0.1) is 0 Å². The summed E-state index contributed by atoms with van der Waals surface area (Å²) in [6.45, 7) is 7.16. The van der Waals surface area contributed by atoms with Crippen molar-refractivity contribution in [1.82, 2.24) is 29.5 Å². The first kappa shape index (κ1) is 16.9. The third-order valence-electron chi connectivity index (χ3n) is 4.55. The largest absolute Gasteiger partial charge is 0.338 e. The Kier molecular flexibility index (Phi) is 5.90. The molecule has 7 nitrogen and oxygen atoms in total. The predicted octanol–water partition coefficient (Wildman–Crippen LogP) is 0.190. The Labute approximate surface area is 132 Å². The molecule has 1 atom stereocenters. The van der Waals surface area contributed by atoms with Crippen molar-refractivity contribution in [2.24, 2.45) is 7.05 Å². The van der Waals surface area contributed by atoms with E-state index in [-0.39, 0.29) is 5.91 Å². The second-order valence-electron chi connectivity index (χ2n) is 6.33. The highest BCUT2D eigenvalue weighted by atomic mass is 16.2. The highest BCUT2D eigenvalue weighted by Gasteiger charge is 2.20. The molecule has 1 amide bonds. The standard InChI is InChI=1S/C15H28N6O/c1-13(21-9-7-18(2)8-10-21)5-6-15(22)19(3)11-14-17-16-12-20(14)4/h12-13H,5-11H2,1-4H3. The topological polar surface area (TPSA) is 57.5 Å². The van der Waals surface area contributed by atoms with Gasteiger partial charge in [-0.1, -0.05) is 0 Å². The van der Waals surface area contributed by atoms with Crippen LogP contribution in [-0.4, -0.2) is 81.7 Å². The van der Waals surface area contributed by atoms with Gasteiger partial charge in [-0.3, -0.25) is 9.69 Å². The SMILES string of the molecule is CC(CCC(=O)N(C)Cc1nncn1C)N1CCN(C)CC1. The van der Waals surface area contributed by atoms with Gasteiger partial charge in [0, 0.05) is 52.7 Å². The number of carbonyl (C=O) groups is 1. The molecule has 1 saturated heterocycles. The van der Waals surface area contributed by atoms with E-state index >= 15 is 0 Å². The van der Waals surface area contributed by atoms with Crippen molar-refractivity contribution in [3.63, 3.8) is 0 Å². The molecule has 0 aliphatic carbocycles. The molecule has 0 saturated carbocycles. The summed E-state index contributed by atoms with van der Waals surface area (Å²) in [5.41, 5.74) is 0. The molecule has 1 aliphatic rings. The van der Waals surface area contributed by atoms with Crippen LogP contribution >= 0.6 is 0 Å². The minimum atomic E-state index is 0.170. The summed E-state index contributed by atoms with van der Waals surface area (Å²) in [7, 11) is 5.88. The number of hydrogen-bond donors (Lipinski definition) is 0. The first-order valence-electron chi connectivity index (χ1n) is 7.97.